The van der Waals surface area contributed by atoms with E-state index in [9.17, 15) is 4.79 Å². The fourth-order valence-electron chi connectivity index (χ4n) is 3.16. The number of anilines is 1. The number of hydrogen-bond acceptors (Lipinski definition) is 5. The van der Waals surface area contributed by atoms with Gasteiger partial charge in [-0.1, -0.05) is 47.6 Å². The lowest BCUT2D eigenvalue weighted by Gasteiger charge is -2.33. The Bertz CT molecular complexity index is 1030. The first-order valence-corrected chi connectivity index (χ1v) is 10.2. The lowest BCUT2D eigenvalue weighted by Crippen LogP contribution is -2.41. The van der Waals surface area contributed by atoms with E-state index in [1.165, 1.54) is 11.8 Å². The summed E-state index contributed by atoms with van der Waals surface area (Å²) in [6.07, 6.45) is 0. The summed E-state index contributed by atoms with van der Waals surface area (Å²) in [5.41, 5.74) is 7.30. The molecule has 6 nitrogen and oxygen atoms in total. The predicted molar refractivity (Wildman–Crippen MR) is 113 cm³/mol. The standard InChI is InChI=1S/C20H20ClN5OS/c1-11-4-5-12(2)16(10-11)22-19(27)18-17(14-6-8-15(21)9-7-14)25-26-13(3)23-24-20(26)28-18/h4-10,17-18,25H,1-3H3,(H,22,27)/t17-,18+/m0/s1. The zero-order valence-corrected chi connectivity index (χ0v) is 17.3. The summed E-state index contributed by atoms with van der Waals surface area (Å²) in [5.74, 6) is 0.660. The Morgan fingerprint density at radius 1 is 1.14 bits per heavy atom. The molecule has 1 aromatic heterocycles. The minimum absolute atomic E-state index is 0.0851. The molecule has 0 saturated carbocycles. The van der Waals surface area contributed by atoms with Crippen LogP contribution in [0.25, 0.3) is 0 Å². The van der Waals surface area contributed by atoms with Crippen LogP contribution in [0, 0.1) is 20.8 Å². The van der Waals surface area contributed by atoms with Gasteiger partial charge in [-0.05, 0) is 55.7 Å². The molecule has 1 aliphatic rings. The number of benzene rings is 2. The van der Waals surface area contributed by atoms with E-state index in [-0.39, 0.29) is 11.9 Å². The molecule has 1 amide bonds. The zero-order valence-electron chi connectivity index (χ0n) is 15.7. The maximum atomic E-state index is 13.2. The maximum Gasteiger partial charge on any atom is 0.240 e. The molecule has 28 heavy (non-hydrogen) atoms. The Hall–Kier alpha value is -2.51. The Balaban J connectivity index is 1.68. The molecule has 4 rings (SSSR count). The number of halogens is 1. The molecule has 2 N–H and O–H groups in total. The summed E-state index contributed by atoms with van der Waals surface area (Å²) in [7, 11) is 0. The van der Waals surface area contributed by atoms with Gasteiger partial charge in [0, 0.05) is 10.7 Å². The number of nitrogens with zero attached hydrogens (tertiary/aromatic N) is 3. The van der Waals surface area contributed by atoms with E-state index >= 15 is 0 Å². The van der Waals surface area contributed by atoms with Crippen LogP contribution >= 0.6 is 23.4 Å². The van der Waals surface area contributed by atoms with E-state index in [1.54, 1.807) is 0 Å². The van der Waals surface area contributed by atoms with Crippen molar-refractivity contribution in [3.63, 3.8) is 0 Å². The highest BCUT2D eigenvalue weighted by Gasteiger charge is 2.37. The van der Waals surface area contributed by atoms with Crippen LogP contribution in [0.1, 0.15) is 28.6 Å². The number of fused-ring (bicyclic) bond motifs is 1. The summed E-state index contributed by atoms with van der Waals surface area (Å²) in [4.78, 5) is 13.2. The lowest BCUT2D eigenvalue weighted by atomic mass is 10.0. The first-order chi connectivity index (χ1) is 13.4. The van der Waals surface area contributed by atoms with Crippen LogP contribution in [0.5, 0.6) is 0 Å². The highest BCUT2D eigenvalue weighted by Crippen LogP contribution is 2.38. The van der Waals surface area contributed by atoms with Crippen LogP contribution in [0.15, 0.2) is 47.6 Å². The third kappa shape index (κ3) is 3.59. The van der Waals surface area contributed by atoms with Crippen molar-refractivity contribution >= 4 is 35.0 Å². The van der Waals surface area contributed by atoms with Crippen LogP contribution in [0.2, 0.25) is 5.02 Å². The van der Waals surface area contributed by atoms with E-state index in [2.05, 4.69) is 20.9 Å². The zero-order chi connectivity index (χ0) is 19.8. The second-order valence-electron chi connectivity index (χ2n) is 6.87. The third-order valence-electron chi connectivity index (χ3n) is 4.74. The molecule has 0 fully saturated rings. The SMILES string of the molecule is Cc1ccc(C)c(NC(=O)[C@@H]2Sc3nnc(C)n3N[C@H]2c2ccc(Cl)cc2)c1. The predicted octanol–water partition coefficient (Wildman–Crippen LogP) is 4.25. The fraction of sp³-hybridized carbons (Fsp3) is 0.250. The van der Waals surface area contributed by atoms with Crippen molar-refractivity contribution in [2.75, 3.05) is 10.7 Å². The molecule has 0 unspecified atom stereocenters. The average molecular weight is 414 g/mol. The van der Waals surface area contributed by atoms with E-state index in [4.69, 9.17) is 11.6 Å². The molecule has 0 bridgehead atoms. The van der Waals surface area contributed by atoms with Gasteiger partial charge in [-0.25, -0.2) is 4.68 Å². The second kappa shape index (κ2) is 7.48. The van der Waals surface area contributed by atoms with Crippen LogP contribution in [-0.4, -0.2) is 26.0 Å². The molecule has 144 valence electrons. The highest BCUT2D eigenvalue weighted by atomic mass is 35.5. The molecule has 8 heteroatoms. The Kier molecular flexibility index (Phi) is 5.03. The normalized spacial score (nSPS) is 18.3. The number of aryl methyl sites for hydroxylation is 3. The number of nitrogens with one attached hydrogen (secondary N) is 2. The van der Waals surface area contributed by atoms with Crippen molar-refractivity contribution in [2.45, 2.75) is 37.2 Å². The Morgan fingerprint density at radius 3 is 2.64 bits per heavy atom. The average Bonchev–Trinajstić information content (AvgIpc) is 3.04. The van der Waals surface area contributed by atoms with Crippen LogP contribution < -0.4 is 10.7 Å². The molecule has 2 heterocycles. The molecule has 2 aromatic carbocycles. The number of carbonyl (C=O) groups excluding carboxylic acids is 1. The summed E-state index contributed by atoms with van der Waals surface area (Å²) in [6, 6.07) is 13.3. The van der Waals surface area contributed by atoms with Gasteiger partial charge in [0.15, 0.2) is 0 Å². The number of aromatic nitrogens is 3. The van der Waals surface area contributed by atoms with Crippen LogP contribution in [0.4, 0.5) is 5.69 Å². The van der Waals surface area contributed by atoms with Gasteiger partial charge >= 0.3 is 0 Å². The monoisotopic (exact) mass is 413 g/mol. The Morgan fingerprint density at radius 2 is 1.89 bits per heavy atom. The lowest BCUT2D eigenvalue weighted by molar-refractivity contribution is -0.116. The van der Waals surface area contributed by atoms with Gasteiger partial charge in [0.05, 0.1) is 6.04 Å². The fourth-order valence-corrected chi connectivity index (χ4v) is 4.41. The first kappa shape index (κ1) is 18.8. The van der Waals surface area contributed by atoms with E-state index < -0.39 is 5.25 Å². The molecule has 3 aromatic rings. The number of rotatable bonds is 3. The van der Waals surface area contributed by atoms with Crippen molar-refractivity contribution in [2.24, 2.45) is 0 Å². The number of thioether (sulfide) groups is 1. The molecular formula is C20H20ClN5OS. The van der Waals surface area contributed by atoms with Gasteiger partial charge in [-0.2, -0.15) is 0 Å². The van der Waals surface area contributed by atoms with Gasteiger partial charge in [-0.3, -0.25) is 4.79 Å². The molecule has 0 aliphatic carbocycles. The van der Waals surface area contributed by atoms with Gasteiger partial charge in [0.2, 0.25) is 11.1 Å². The van der Waals surface area contributed by atoms with Crippen molar-refractivity contribution in [1.29, 1.82) is 0 Å². The van der Waals surface area contributed by atoms with Crippen molar-refractivity contribution in [3.8, 4) is 0 Å². The van der Waals surface area contributed by atoms with E-state index in [0.29, 0.717) is 10.2 Å². The maximum absolute atomic E-state index is 13.2. The quantitative estimate of drug-likeness (QED) is 0.671. The summed E-state index contributed by atoms with van der Waals surface area (Å²) < 4.78 is 1.83. The Labute approximate surface area is 172 Å². The van der Waals surface area contributed by atoms with E-state index in [1.807, 2.05) is 67.9 Å². The van der Waals surface area contributed by atoms with Gasteiger partial charge in [0.1, 0.15) is 11.1 Å². The number of amides is 1. The minimum Gasteiger partial charge on any atom is -0.325 e. The summed E-state index contributed by atoms with van der Waals surface area (Å²) in [5, 5.41) is 12.3. The summed E-state index contributed by atoms with van der Waals surface area (Å²) in [6.45, 7) is 5.87. The molecule has 0 spiro atoms. The number of hydrogen-bond donors (Lipinski definition) is 2. The molecule has 1 aliphatic heterocycles. The molecule has 0 saturated heterocycles. The van der Waals surface area contributed by atoms with Gasteiger partial charge in [-0.15, -0.1) is 10.2 Å². The smallest absolute Gasteiger partial charge is 0.240 e. The van der Waals surface area contributed by atoms with Crippen LogP contribution in [0.3, 0.4) is 0 Å². The molecular weight excluding hydrogens is 394 g/mol. The third-order valence-corrected chi connectivity index (χ3v) is 6.20. The topological polar surface area (TPSA) is 71.8 Å². The van der Waals surface area contributed by atoms with Gasteiger partial charge in [0.25, 0.3) is 0 Å². The van der Waals surface area contributed by atoms with Crippen molar-refractivity contribution < 1.29 is 4.79 Å². The number of carbonyl (C=O) groups is 1. The highest BCUT2D eigenvalue weighted by molar-refractivity contribution is 8.00. The molecule has 2 atom stereocenters. The van der Waals surface area contributed by atoms with Crippen molar-refractivity contribution in [1.82, 2.24) is 14.9 Å². The first-order valence-electron chi connectivity index (χ1n) is 8.91. The minimum atomic E-state index is -0.419. The van der Waals surface area contributed by atoms with Crippen LogP contribution in [-0.2, 0) is 4.79 Å². The summed E-state index contributed by atoms with van der Waals surface area (Å²) >= 11 is 7.45. The van der Waals surface area contributed by atoms with Gasteiger partial charge < -0.3 is 10.7 Å². The second-order valence-corrected chi connectivity index (χ2v) is 8.41. The largest absolute Gasteiger partial charge is 0.325 e. The van der Waals surface area contributed by atoms with E-state index in [0.717, 1.165) is 28.2 Å². The van der Waals surface area contributed by atoms with Crippen molar-refractivity contribution in [3.05, 3.63) is 70.0 Å². The molecule has 0 radical (unpaired) electrons.